The predicted molar refractivity (Wildman–Crippen MR) is 97.2 cm³/mol. The number of guanidine groups is 1. The summed E-state index contributed by atoms with van der Waals surface area (Å²) in [7, 11) is 0. The van der Waals surface area contributed by atoms with E-state index in [-0.39, 0.29) is 11.9 Å². The number of rotatable bonds is 8. The average Bonchev–Trinajstić information content (AvgIpc) is 2.76. The number of thiazole rings is 1. The van der Waals surface area contributed by atoms with Gasteiger partial charge in [0, 0.05) is 43.4 Å². The first-order valence-corrected chi connectivity index (χ1v) is 8.98. The highest BCUT2D eigenvalue weighted by atomic mass is 32.1. The van der Waals surface area contributed by atoms with Gasteiger partial charge in [0.1, 0.15) is 0 Å². The minimum Gasteiger partial charge on any atom is -0.357 e. The topological polar surface area (TPSA) is 78.4 Å². The number of carbonyl (C=O) groups is 1. The molecule has 7 heteroatoms. The normalized spacial score (nSPS) is 11.7. The van der Waals surface area contributed by atoms with Crippen molar-refractivity contribution in [2.45, 2.75) is 53.5 Å². The van der Waals surface area contributed by atoms with Gasteiger partial charge in [0.25, 0.3) is 0 Å². The van der Waals surface area contributed by atoms with Crippen LogP contribution in [-0.2, 0) is 11.2 Å². The van der Waals surface area contributed by atoms with Gasteiger partial charge in [-0.3, -0.25) is 9.79 Å². The Morgan fingerprint density at radius 3 is 2.61 bits per heavy atom. The minimum atomic E-state index is 0.0529. The summed E-state index contributed by atoms with van der Waals surface area (Å²) in [5.41, 5.74) is 1.11. The van der Waals surface area contributed by atoms with E-state index in [1.54, 1.807) is 11.3 Å². The maximum Gasteiger partial charge on any atom is 0.221 e. The summed E-state index contributed by atoms with van der Waals surface area (Å²) in [4.78, 5) is 21.9. The Hall–Kier alpha value is -1.63. The fraction of sp³-hybridized carbons (Fsp3) is 0.688. The molecule has 1 aromatic heterocycles. The summed E-state index contributed by atoms with van der Waals surface area (Å²) in [6.07, 6.45) is 1.28. The summed E-state index contributed by atoms with van der Waals surface area (Å²) in [6.45, 7) is 12.1. The average molecular weight is 340 g/mol. The monoisotopic (exact) mass is 339 g/mol. The molecule has 0 aliphatic heterocycles. The standard InChI is InChI=1S/C16H29N5OS/c1-6-17-16(18-9-7-14(22)20-11(2)3)19-10-8-15-21-12(4)13(5)23-15/h11H,6-10H2,1-5H3,(H,20,22)(H2,17,18,19). The summed E-state index contributed by atoms with van der Waals surface area (Å²) >= 11 is 1.73. The van der Waals surface area contributed by atoms with E-state index in [0.29, 0.717) is 19.5 Å². The number of nitrogens with zero attached hydrogens (tertiary/aromatic N) is 2. The van der Waals surface area contributed by atoms with Crippen LogP contribution in [0.2, 0.25) is 0 Å². The number of hydrogen-bond donors (Lipinski definition) is 3. The maximum absolute atomic E-state index is 11.6. The molecule has 0 saturated carbocycles. The fourth-order valence-electron chi connectivity index (χ4n) is 1.94. The van der Waals surface area contributed by atoms with Gasteiger partial charge in [-0.15, -0.1) is 11.3 Å². The zero-order valence-corrected chi connectivity index (χ0v) is 15.6. The first kappa shape index (κ1) is 19.4. The Bertz CT molecular complexity index is 505. The summed E-state index contributed by atoms with van der Waals surface area (Å²) in [6, 6.07) is 0.176. The lowest BCUT2D eigenvalue weighted by atomic mass is 10.3. The number of hydrogen-bond acceptors (Lipinski definition) is 4. The quantitative estimate of drug-likeness (QED) is 0.498. The molecule has 0 atom stereocenters. The fourth-order valence-corrected chi connectivity index (χ4v) is 2.86. The Labute approximate surface area is 143 Å². The smallest absolute Gasteiger partial charge is 0.221 e. The molecule has 1 aromatic rings. The highest BCUT2D eigenvalue weighted by Gasteiger charge is 2.05. The van der Waals surface area contributed by atoms with Crippen LogP contribution in [-0.4, -0.2) is 42.5 Å². The third-order valence-electron chi connectivity index (χ3n) is 3.11. The van der Waals surface area contributed by atoms with Crippen LogP contribution >= 0.6 is 11.3 Å². The first-order valence-electron chi connectivity index (χ1n) is 8.16. The maximum atomic E-state index is 11.6. The van der Waals surface area contributed by atoms with Gasteiger partial charge in [-0.25, -0.2) is 4.98 Å². The predicted octanol–water partition coefficient (Wildman–Crippen LogP) is 1.77. The number of carbonyl (C=O) groups excluding carboxylic acids is 1. The van der Waals surface area contributed by atoms with Crippen molar-refractivity contribution in [2.24, 2.45) is 4.99 Å². The van der Waals surface area contributed by atoms with Crippen molar-refractivity contribution in [1.29, 1.82) is 0 Å². The number of aryl methyl sites for hydroxylation is 2. The molecule has 1 amide bonds. The van der Waals surface area contributed by atoms with Crippen LogP contribution < -0.4 is 16.0 Å². The van der Waals surface area contributed by atoms with Gasteiger partial charge in [0.15, 0.2) is 5.96 Å². The lowest BCUT2D eigenvalue weighted by Gasteiger charge is -2.12. The largest absolute Gasteiger partial charge is 0.357 e. The minimum absolute atomic E-state index is 0.0529. The van der Waals surface area contributed by atoms with Gasteiger partial charge in [-0.2, -0.15) is 0 Å². The molecule has 0 aliphatic carbocycles. The van der Waals surface area contributed by atoms with Crippen LogP contribution in [0.25, 0.3) is 0 Å². The molecule has 0 aromatic carbocycles. The molecule has 0 fully saturated rings. The van der Waals surface area contributed by atoms with E-state index in [1.807, 2.05) is 27.7 Å². The van der Waals surface area contributed by atoms with Gasteiger partial charge < -0.3 is 16.0 Å². The lowest BCUT2D eigenvalue weighted by Crippen LogP contribution is -2.40. The summed E-state index contributed by atoms with van der Waals surface area (Å²) < 4.78 is 0. The lowest BCUT2D eigenvalue weighted by molar-refractivity contribution is -0.121. The van der Waals surface area contributed by atoms with Crippen LogP contribution in [0.3, 0.4) is 0 Å². The number of aromatic nitrogens is 1. The van der Waals surface area contributed by atoms with Crippen molar-refractivity contribution in [3.63, 3.8) is 0 Å². The second-order valence-electron chi connectivity index (χ2n) is 5.66. The number of aliphatic imine (C=N–C) groups is 1. The molecule has 0 aliphatic rings. The van der Waals surface area contributed by atoms with Gasteiger partial charge >= 0.3 is 0 Å². The molecule has 1 rings (SSSR count). The molecule has 0 bridgehead atoms. The molecular weight excluding hydrogens is 310 g/mol. The van der Waals surface area contributed by atoms with Crippen LogP contribution in [0, 0.1) is 13.8 Å². The molecule has 0 unspecified atom stereocenters. The highest BCUT2D eigenvalue weighted by Crippen LogP contribution is 2.16. The van der Waals surface area contributed by atoms with E-state index in [0.717, 1.165) is 29.6 Å². The van der Waals surface area contributed by atoms with E-state index >= 15 is 0 Å². The van der Waals surface area contributed by atoms with Gasteiger partial charge in [-0.05, 0) is 34.6 Å². The Morgan fingerprint density at radius 1 is 1.30 bits per heavy atom. The SMILES string of the molecule is CCNC(=NCCc1nc(C)c(C)s1)NCCC(=O)NC(C)C. The van der Waals surface area contributed by atoms with Crippen LogP contribution in [0.15, 0.2) is 4.99 Å². The molecule has 130 valence electrons. The Morgan fingerprint density at radius 2 is 2.04 bits per heavy atom. The van der Waals surface area contributed by atoms with Crippen LogP contribution in [0.4, 0.5) is 0 Å². The van der Waals surface area contributed by atoms with Crippen molar-refractivity contribution in [3.05, 3.63) is 15.6 Å². The van der Waals surface area contributed by atoms with Gasteiger partial charge in [0.2, 0.25) is 5.91 Å². The molecule has 1 heterocycles. The zero-order valence-electron chi connectivity index (χ0n) is 14.8. The van der Waals surface area contributed by atoms with Crippen LogP contribution in [0.1, 0.15) is 42.8 Å². The van der Waals surface area contributed by atoms with Crippen molar-refractivity contribution in [3.8, 4) is 0 Å². The molecule has 23 heavy (non-hydrogen) atoms. The van der Waals surface area contributed by atoms with Crippen molar-refractivity contribution in [1.82, 2.24) is 20.9 Å². The van der Waals surface area contributed by atoms with Gasteiger partial charge in [-0.1, -0.05) is 0 Å². The second-order valence-corrected chi connectivity index (χ2v) is 6.95. The third-order valence-corrected chi connectivity index (χ3v) is 4.24. The van der Waals surface area contributed by atoms with E-state index in [9.17, 15) is 4.79 Å². The van der Waals surface area contributed by atoms with Crippen molar-refractivity contribution >= 4 is 23.2 Å². The van der Waals surface area contributed by atoms with Crippen molar-refractivity contribution in [2.75, 3.05) is 19.6 Å². The highest BCUT2D eigenvalue weighted by molar-refractivity contribution is 7.11. The zero-order chi connectivity index (χ0) is 17.2. The molecule has 0 radical (unpaired) electrons. The molecule has 0 spiro atoms. The third kappa shape index (κ3) is 7.97. The molecule has 0 saturated heterocycles. The second kappa shape index (κ2) is 10.2. The van der Waals surface area contributed by atoms with E-state index < -0.39 is 0 Å². The van der Waals surface area contributed by atoms with Crippen LogP contribution in [0.5, 0.6) is 0 Å². The molecule has 3 N–H and O–H groups in total. The van der Waals surface area contributed by atoms with E-state index in [2.05, 4.69) is 32.9 Å². The van der Waals surface area contributed by atoms with Gasteiger partial charge in [0.05, 0.1) is 10.7 Å². The number of nitrogens with one attached hydrogen (secondary N) is 3. The molecular formula is C16H29N5OS. The van der Waals surface area contributed by atoms with E-state index in [1.165, 1.54) is 4.88 Å². The first-order chi connectivity index (χ1) is 10.9. The Balaban J connectivity index is 2.39. The molecule has 6 nitrogen and oxygen atoms in total. The number of amides is 1. The van der Waals surface area contributed by atoms with Crippen molar-refractivity contribution < 1.29 is 4.79 Å². The summed E-state index contributed by atoms with van der Waals surface area (Å²) in [5.74, 6) is 0.798. The summed E-state index contributed by atoms with van der Waals surface area (Å²) in [5, 5.41) is 10.4. The van der Waals surface area contributed by atoms with E-state index in [4.69, 9.17) is 0 Å². The Kier molecular flexibility index (Phi) is 8.61.